The topological polar surface area (TPSA) is 78.4 Å². The molecule has 3 N–H and O–H groups in total. The van der Waals surface area contributed by atoms with Crippen LogP contribution >= 0.6 is 0 Å². The smallest absolute Gasteiger partial charge is 0.326 e. The molecule has 0 saturated carbocycles. The molecule has 1 amide bonds. The van der Waals surface area contributed by atoms with E-state index in [1.165, 1.54) is 0 Å². The molecule has 1 rings (SSSR count). The van der Waals surface area contributed by atoms with Crippen molar-refractivity contribution in [3.63, 3.8) is 0 Å². The molecule has 1 aromatic rings. The number of benzene rings is 1. The molecule has 0 aliphatic carbocycles. The van der Waals surface area contributed by atoms with Crippen molar-refractivity contribution in [2.24, 2.45) is 5.92 Å². The number of aliphatic carboxylic acids is 1. The van der Waals surface area contributed by atoms with E-state index < -0.39 is 12.0 Å². The molecule has 0 saturated heterocycles. The van der Waals surface area contributed by atoms with Gasteiger partial charge in [-0.15, -0.1) is 0 Å². The van der Waals surface area contributed by atoms with Crippen molar-refractivity contribution in [2.45, 2.75) is 26.3 Å². The van der Waals surface area contributed by atoms with Gasteiger partial charge in [-0.2, -0.15) is 0 Å². The van der Waals surface area contributed by atoms with E-state index in [1.807, 2.05) is 37.3 Å². The summed E-state index contributed by atoms with van der Waals surface area (Å²) in [5.41, 5.74) is 0.888. The summed E-state index contributed by atoms with van der Waals surface area (Å²) < 4.78 is 0. The Labute approximate surface area is 119 Å². The highest BCUT2D eigenvalue weighted by Crippen LogP contribution is 2.04. The molecule has 0 aliphatic heterocycles. The lowest BCUT2D eigenvalue weighted by atomic mass is 10.0. The Morgan fingerprint density at radius 2 is 1.90 bits per heavy atom. The predicted molar refractivity (Wildman–Crippen MR) is 77.4 cm³/mol. The third-order valence-electron chi connectivity index (χ3n) is 3.05. The molecule has 1 unspecified atom stereocenters. The van der Waals surface area contributed by atoms with Gasteiger partial charge in [0.1, 0.15) is 6.04 Å². The number of hydrogen-bond acceptors (Lipinski definition) is 3. The first-order chi connectivity index (χ1) is 9.54. The number of carboxylic acids is 1. The van der Waals surface area contributed by atoms with Crippen molar-refractivity contribution < 1.29 is 14.7 Å². The Bertz CT molecular complexity index is 434. The minimum atomic E-state index is -1.02. The van der Waals surface area contributed by atoms with Crippen LogP contribution in [0.15, 0.2) is 30.3 Å². The summed E-state index contributed by atoms with van der Waals surface area (Å²) in [5, 5.41) is 14.9. The number of nitrogens with one attached hydrogen (secondary N) is 2. The van der Waals surface area contributed by atoms with Crippen LogP contribution in [0.4, 0.5) is 0 Å². The number of carbonyl (C=O) groups excluding carboxylic acids is 1. The average Bonchev–Trinajstić information content (AvgIpc) is 2.44. The second-order valence-electron chi connectivity index (χ2n) is 4.80. The highest BCUT2D eigenvalue weighted by molar-refractivity contribution is 5.85. The second kappa shape index (κ2) is 8.32. The van der Waals surface area contributed by atoms with E-state index in [0.717, 1.165) is 12.1 Å². The molecular formula is C15H22N2O3. The van der Waals surface area contributed by atoms with Crippen LogP contribution in [-0.4, -0.2) is 36.1 Å². The summed E-state index contributed by atoms with van der Waals surface area (Å²) in [6.45, 7) is 5.06. The van der Waals surface area contributed by atoms with Gasteiger partial charge in [0.05, 0.1) is 0 Å². The standard InChI is InChI=1S/C15H22N2O3/c1-3-16-10-11(2)14(18)17-13(15(19)20)9-12-7-5-4-6-8-12/h4-8,11,13,16H,3,9-10H2,1-2H3,(H,17,18)(H,19,20)/t11?,13-/m1/s1. The molecule has 0 bridgehead atoms. The fourth-order valence-corrected chi connectivity index (χ4v) is 1.82. The lowest BCUT2D eigenvalue weighted by Crippen LogP contribution is -2.46. The third-order valence-corrected chi connectivity index (χ3v) is 3.05. The predicted octanol–water partition coefficient (Wildman–Crippen LogP) is 1.04. The van der Waals surface area contributed by atoms with Crippen molar-refractivity contribution in [1.82, 2.24) is 10.6 Å². The summed E-state index contributed by atoms with van der Waals surface area (Å²) >= 11 is 0. The maximum absolute atomic E-state index is 11.9. The van der Waals surface area contributed by atoms with Gasteiger partial charge < -0.3 is 15.7 Å². The van der Waals surface area contributed by atoms with Crippen molar-refractivity contribution in [1.29, 1.82) is 0 Å². The maximum atomic E-state index is 11.9. The molecule has 5 nitrogen and oxygen atoms in total. The highest BCUT2D eigenvalue weighted by Gasteiger charge is 2.22. The van der Waals surface area contributed by atoms with Crippen LogP contribution in [0, 0.1) is 5.92 Å². The molecule has 0 heterocycles. The number of carboxylic acid groups (broad SMARTS) is 1. The molecule has 0 radical (unpaired) electrons. The third kappa shape index (κ3) is 5.40. The van der Waals surface area contributed by atoms with Gasteiger partial charge >= 0.3 is 5.97 Å². The van der Waals surface area contributed by atoms with Crippen LogP contribution < -0.4 is 10.6 Å². The number of carbonyl (C=O) groups is 2. The fraction of sp³-hybridized carbons (Fsp3) is 0.467. The summed E-state index contributed by atoms with van der Waals surface area (Å²) in [6.07, 6.45) is 0.288. The van der Waals surface area contributed by atoms with E-state index >= 15 is 0 Å². The molecule has 1 aromatic carbocycles. The van der Waals surface area contributed by atoms with Crippen LogP contribution in [-0.2, 0) is 16.0 Å². The van der Waals surface area contributed by atoms with Crippen molar-refractivity contribution in [2.75, 3.05) is 13.1 Å². The molecule has 110 valence electrons. The van der Waals surface area contributed by atoms with Crippen LogP contribution in [0.3, 0.4) is 0 Å². The van der Waals surface area contributed by atoms with Crippen LogP contribution in [0.25, 0.3) is 0 Å². The van der Waals surface area contributed by atoms with E-state index in [4.69, 9.17) is 0 Å². The fourth-order valence-electron chi connectivity index (χ4n) is 1.82. The monoisotopic (exact) mass is 278 g/mol. The number of hydrogen-bond donors (Lipinski definition) is 3. The van der Waals surface area contributed by atoms with Gasteiger partial charge in [-0.3, -0.25) is 4.79 Å². The first kappa shape index (κ1) is 16.2. The summed E-state index contributed by atoms with van der Waals surface area (Å²) in [5.74, 6) is -1.51. The van der Waals surface area contributed by atoms with E-state index in [0.29, 0.717) is 6.54 Å². The van der Waals surface area contributed by atoms with Crippen LogP contribution in [0.2, 0.25) is 0 Å². The molecule has 0 aliphatic rings. The molecule has 0 fully saturated rings. The number of amides is 1. The van der Waals surface area contributed by atoms with Crippen molar-refractivity contribution in [3.8, 4) is 0 Å². The molecule has 0 spiro atoms. The largest absolute Gasteiger partial charge is 0.480 e. The highest BCUT2D eigenvalue weighted by atomic mass is 16.4. The van der Waals surface area contributed by atoms with E-state index in [1.54, 1.807) is 6.92 Å². The summed E-state index contributed by atoms with van der Waals surface area (Å²) in [7, 11) is 0. The normalized spacial score (nSPS) is 13.5. The van der Waals surface area contributed by atoms with Crippen LogP contribution in [0.5, 0.6) is 0 Å². The average molecular weight is 278 g/mol. The van der Waals surface area contributed by atoms with Crippen LogP contribution in [0.1, 0.15) is 19.4 Å². The number of rotatable bonds is 8. The first-order valence-corrected chi connectivity index (χ1v) is 6.82. The lowest BCUT2D eigenvalue weighted by molar-refractivity contribution is -0.142. The minimum Gasteiger partial charge on any atom is -0.480 e. The molecule has 0 aromatic heterocycles. The van der Waals surface area contributed by atoms with E-state index in [-0.39, 0.29) is 18.2 Å². The minimum absolute atomic E-state index is 0.241. The molecule has 20 heavy (non-hydrogen) atoms. The molecular weight excluding hydrogens is 256 g/mol. The Morgan fingerprint density at radius 1 is 1.25 bits per heavy atom. The molecule has 2 atom stereocenters. The maximum Gasteiger partial charge on any atom is 0.326 e. The van der Waals surface area contributed by atoms with Gasteiger partial charge in [0.2, 0.25) is 5.91 Å². The Kier molecular flexibility index (Phi) is 6.73. The molecule has 5 heteroatoms. The lowest BCUT2D eigenvalue weighted by Gasteiger charge is -2.18. The van der Waals surface area contributed by atoms with Gasteiger partial charge in [-0.1, -0.05) is 44.2 Å². The zero-order chi connectivity index (χ0) is 15.0. The van der Waals surface area contributed by atoms with Gasteiger partial charge in [0, 0.05) is 18.9 Å². The van der Waals surface area contributed by atoms with E-state index in [2.05, 4.69) is 10.6 Å². The quantitative estimate of drug-likeness (QED) is 0.664. The van der Waals surface area contributed by atoms with Gasteiger partial charge in [-0.25, -0.2) is 4.79 Å². The SMILES string of the molecule is CCNCC(C)C(=O)N[C@H](Cc1ccccc1)C(=O)O. The zero-order valence-electron chi connectivity index (χ0n) is 11.9. The Morgan fingerprint density at radius 3 is 2.45 bits per heavy atom. The van der Waals surface area contributed by atoms with Gasteiger partial charge in [0.25, 0.3) is 0 Å². The zero-order valence-corrected chi connectivity index (χ0v) is 11.9. The second-order valence-corrected chi connectivity index (χ2v) is 4.80. The van der Waals surface area contributed by atoms with Crippen molar-refractivity contribution in [3.05, 3.63) is 35.9 Å². The van der Waals surface area contributed by atoms with Gasteiger partial charge in [-0.05, 0) is 12.1 Å². The summed E-state index contributed by atoms with van der Waals surface area (Å²) in [4.78, 5) is 23.2. The Balaban J connectivity index is 2.59. The Hall–Kier alpha value is -1.88. The summed E-state index contributed by atoms with van der Waals surface area (Å²) in [6, 6.07) is 8.38. The van der Waals surface area contributed by atoms with Crippen molar-refractivity contribution >= 4 is 11.9 Å². The first-order valence-electron chi connectivity index (χ1n) is 6.82. The van der Waals surface area contributed by atoms with E-state index in [9.17, 15) is 14.7 Å². The van der Waals surface area contributed by atoms with Gasteiger partial charge in [0.15, 0.2) is 0 Å².